The lowest BCUT2D eigenvalue weighted by Crippen LogP contribution is -2.45. The number of carbonyl (C=O) groups excluding carboxylic acids is 2. The minimum Gasteiger partial charge on any atom is -0.369 e. The zero-order valence-corrected chi connectivity index (χ0v) is 11.5. The third kappa shape index (κ3) is 4.20. The van der Waals surface area contributed by atoms with Gasteiger partial charge >= 0.3 is 0 Å². The summed E-state index contributed by atoms with van der Waals surface area (Å²) in [6.07, 6.45) is 7.70. The van der Waals surface area contributed by atoms with Crippen molar-refractivity contribution in [3.63, 3.8) is 0 Å². The van der Waals surface area contributed by atoms with Gasteiger partial charge in [-0.15, -0.1) is 0 Å². The van der Waals surface area contributed by atoms with Crippen LogP contribution in [0.2, 0.25) is 0 Å². The number of piperidine rings is 1. The molecule has 19 heavy (non-hydrogen) atoms. The third-order valence-corrected chi connectivity index (χ3v) is 4.17. The molecule has 1 heterocycles. The van der Waals surface area contributed by atoms with Crippen LogP contribution in [0.5, 0.6) is 0 Å². The highest BCUT2D eigenvalue weighted by molar-refractivity contribution is 5.80. The largest absolute Gasteiger partial charge is 0.369 e. The first-order valence-corrected chi connectivity index (χ1v) is 7.35. The number of nitrogens with zero attached hydrogens (tertiary/aromatic N) is 1. The molecule has 108 valence electrons. The van der Waals surface area contributed by atoms with Crippen molar-refractivity contribution in [2.75, 3.05) is 19.7 Å². The Hall–Kier alpha value is -1.10. The minimum absolute atomic E-state index is 0.00322. The zero-order chi connectivity index (χ0) is 13.7. The van der Waals surface area contributed by atoms with Gasteiger partial charge < -0.3 is 15.4 Å². The highest BCUT2D eigenvalue weighted by Gasteiger charge is 2.27. The van der Waals surface area contributed by atoms with Crippen LogP contribution in [0.15, 0.2) is 0 Å². The summed E-state index contributed by atoms with van der Waals surface area (Å²) < 4.78 is 5.69. The Balaban J connectivity index is 1.74. The van der Waals surface area contributed by atoms with E-state index in [-0.39, 0.29) is 30.4 Å². The highest BCUT2D eigenvalue weighted by Crippen LogP contribution is 2.21. The van der Waals surface area contributed by atoms with Gasteiger partial charge in [0, 0.05) is 13.1 Å². The molecule has 0 spiro atoms. The maximum atomic E-state index is 12.1. The summed E-state index contributed by atoms with van der Waals surface area (Å²) in [6.45, 7) is 1.33. The number of carbonyl (C=O) groups is 2. The van der Waals surface area contributed by atoms with Gasteiger partial charge in [-0.1, -0.05) is 19.3 Å². The van der Waals surface area contributed by atoms with E-state index in [9.17, 15) is 9.59 Å². The summed E-state index contributed by atoms with van der Waals surface area (Å²) in [7, 11) is 0. The van der Waals surface area contributed by atoms with Crippen LogP contribution >= 0.6 is 0 Å². The van der Waals surface area contributed by atoms with Crippen molar-refractivity contribution in [3.8, 4) is 0 Å². The molecule has 1 atom stereocenters. The van der Waals surface area contributed by atoms with Crippen LogP contribution in [0.4, 0.5) is 0 Å². The summed E-state index contributed by atoms with van der Waals surface area (Å²) >= 11 is 0. The molecule has 2 fully saturated rings. The number of amides is 2. The SMILES string of the molecule is NC(=O)[C@H]1CCCN(C(=O)COC2CCCCC2)C1. The first kappa shape index (κ1) is 14.3. The topological polar surface area (TPSA) is 72.6 Å². The van der Waals surface area contributed by atoms with Gasteiger partial charge in [0.2, 0.25) is 11.8 Å². The van der Waals surface area contributed by atoms with E-state index in [0.717, 1.165) is 32.2 Å². The number of likely N-dealkylation sites (tertiary alicyclic amines) is 1. The Bertz CT molecular complexity index is 327. The second kappa shape index (κ2) is 6.89. The van der Waals surface area contributed by atoms with Crippen molar-refractivity contribution >= 4 is 11.8 Å². The van der Waals surface area contributed by atoms with Gasteiger partial charge in [-0.25, -0.2) is 0 Å². The minimum atomic E-state index is -0.300. The lowest BCUT2D eigenvalue weighted by atomic mass is 9.97. The maximum absolute atomic E-state index is 12.1. The molecule has 2 rings (SSSR count). The van der Waals surface area contributed by atoms with Crippen molar-refractivity contribution in [2.45, 2.75) is 51.0 Å². The standard InChI is InChI=1S/C14H24N2O3/c15-14(18)11-5-4-8-16(9-11)13(17)10-19-12-6-2-1-3-7-12/h11-12H,1-10H2,(H2,15,18)/t11-/m0/s1. The summed E-state index contributed by atoms with van der Waals surface area (Å²) in [5, 5.41) is 0. The molecule has 1 aliphatic heterocycles. The van der Waals surface area contributed by atoms with Crippen molar-refractivity contribution < 1.29 is 14.3 Å². The van der Waals surface area contributed by atoms with Crippen molar-refractivity contribution in [2.24, 2.45) is 11.7 Å². The van der Waals surface area contributed by atoms with E-state index in [1.165, 1.54) is 19.3 Å². The molecule has 0 bridgehead atoms. The predicted molar refractivity (Wildman–Crippen MR) is 71.3 cm³/mol. The first-order valence-electron chi connectivity index (χ1n) is 7.35. The van der Waals surface area contributed by atoms with E-state index < -0.39 is 0 Å². The summed E-state index contributed by atoms with van der Waals surface area (Å²) in [6, 6.07) is 0. The van der Waals surface area contributed by atoms with Gasteiger partial charge in [-0.05, 0) is 25.7 Å². The molecule has 2 N–H and O–H groups in total. The highest BCUT2D eigenvalue weighted by atomic mass is 16.5. The van der Waals surface area contributed by atoms with Crippen molar-refractivity contribution in [1.29, 1.82) is 0 Å². The van der Waals surface area contributed by atoms with E-state index >= 15 is 0 Å². The van der Waals surface area contributed by atoms with E-state index in [0.29, 0.717) is 6.54 Å². The van der Waals surface area contributed by atoms with Gasteiger partial charge in [-0.2, -0.15) is 0 Å². The smallest absolute Gasteiger partial charge is 0.248 e. The Labute approximate surface area is 114 Å². The number of ether oxygens (including phenoxy) is 1. The number of rotatable bonds is 4. The Kier molecular flexibility index (Phi) is 5.19. The van der Waals surface area contributed by atoms with Gasteiger partial charge in [0.05, 0.1) is 12.0 Å². The van der Waals surface area contributed by atoms with Crippen LogP contribution in [-0.2, 0) is 14.3 Å². The summed E-state index contributed by atoms with van der Waals surface area (Å²) in [5.41, 5.74) is 5.31. The number of hydrogen-bond acceptors (Lipinski definition) is 3. The fourth-order valence-corrected chi connectivity index (χ4v) is 2.95. The summed E-state index contributed by atoms with van der Waals surface area (Å²) in [5.74, 6) is -0.491. The molecule has 2 aliphatic rings. The molecule has 1 aliphatic carbocycles. The van der Waals surface area contributed by atoms with Crippen molar-refractivity contribution in [1.82, 2.24) is 4.90 Å². The zero-order valence-electron chi connectivity index (χ0n) is 11.5. The summed E-state index contributed by atoms with van der Waals surface area (Å²) in [4.78, 5) is 25.0. The lowest BCUT2D eigenvalue weighted by molar-refractivity contribution is -0.141. The Morgan fingerprint density at radius 1 is 1.11 bits per heavy atom. The number of hydrogen-bond donors (Lipinski definition) is 1. The molecule has 0 aromatic carbocycles. The fraction of sp³-hybridized carbons (Fsp3) is 0.857. The molecule has 0 aromatic rings. The molecule has 1 saturated heterocycles. The lowest BCUT2D eigenvalue weighted by Gasteiger charge is -2.32. The molecular weight excluding hydrogens is 244 g/mol. The molecule has 1 saturated carbocycles. The van der Waals surface area contributed by atoms with E-state index in [4.69, 9.17) is 10.5 Å². The molecule has 0 aromatic heterocycles. The first-order chi connectivity index (χ1) is 9.16. The molecular formula is C14H24N2O3. The van der Waals surface area contributed by atoms with Crippen LogP contribution in [0, 0.1) is 5.92 Å². The van der Waals surface area contributed by atoms with E-state index in [1.54, 1.807) is 4.90 Å². The second-order valence-electron chi connectivity index (χ2n) is 5.65. The van der Waals surface area contributed by atoms with Gasteiger partial charge in [0.1, 0.15) is 6.61 Å². The average Bonchev–Trinajstić information content (AvgIpc) is 2.46. The van der Waals surface area contributed by atoms with Gasteiger partial charge in [0.15, 0.2) is 0 Å². The van der Waals surface area contributed by atoms with Crippen LogP contribution in [0.3, 0.4) is 0 Å². The van der Waals surface area contributed by atoms with E-state index in [1.807, 2.05) is 0 Å². The van der Waals surface area contributed by atoms with Crippen molar-refractivity contribution in [3.05, 3.63) is 0 Å². The molecule has 5 heteroatoms. The van der Waals surface area contributed by atoms with Gasteiger partial charge in [0.25, 0.3) is 0 Å². The Morgan fingerprint density at radius 3 is 2.53 bits per heavy atom. The molecule has 0 radical (unpaired) electrons. The van der Waals surface area contributed by atoms with Crippen LogP contribution in [-0.4, -0.2) is 42.5 Å². The van der Waals surface area contributed by atoms with Crippen LogP contribution < -0.4 is 5.73 Å². The second-order valence-corrected chi connectivity index (χ2v) is 5.65. The van der Waals surface area contributed by atoms with Crippen LogP contribution in [0.1, 0.15) is 44.9 Å². The maximum Gasteiger partial charge on any atom is 0.248 e. The predicted octanol–water partition coefficient (Wildman–Crippen LogP) is 1.06. The monoisotopic (exact) mass is 268 g/mol. The molecule has 2 amide bonds. The number of primary amides is 1. The van der Waals surface area contributed by atoms with Crippen LogP contribution in [0.25, 0.3) is 0 Å². The van der Waals surface area contributed by atoms with Gasteiger partial charge in [-0.3, -0.25) is 9.59 Å². The molecule has 0 unspecified atom stereocenters. The normalized spacial score (nSPS) is 25.3. The van der Waals surface area contributed by atoms with E-state index in [2.05, 4.69) is 0 Å². The average molecular weight is 268 g/mol. The number of nitrogens with two attached hydrogens (primary N) is 1. The fourth-order valence-electron chi connectivity index (χ4n) is 2.95. The molecule has 5 nitrogen and oxygen atoms in total. The Morgan fingerprint density at radius 2 is 1.84 bits per heavy atom. The quantitative estimate of drug-likeness (QED) is 0.828. The third-order valence-electron chi connectivity index (χ3n) is 4.17.